The number of carbonyl (C=O) groups is 2. The van der Waals surface area contributed by atoms with Gasteiger partial charge in [-0.15, -0.1) is 0 Å². The van der Waals surface area contributed by atoms with Crippen molar-refractivity contribution in [1.82, 2.24) is 0 Å². The maximum Gasteiger partial charge on any atom is 0.309 e. The molecule has 3 nitrogen and oxygen atoms in total. The van der Waals surface area contributed by atoms with E-state index in [-0.39, 0.29) is 18.5 Å². The Morgan fingerprint density at radius 2 is 2.25 bits per heavy atom. The van der Waals surface area contributed by atoms with Gasteiger partial charge >= 0.3 is 5.97 Å². The summed E-state index contributed by atoms with van der Waals surface area (Å²) in [6.45, 7) is 3.78. The van der Waals surface area contributed by atoms with E-state index >= 15 is 0 Å². The Morgan fingerprint density at radius 3 is 2.75 bits per heavy atom. The normalized spacial score (nSPS) is 12.8. The van der Waals surface area contributed by atoms with Gasteiger partial charge < -0.3 is 4.74 Å². The minimum Gasteiger partial charge on any atom is -0.462 e. The van der Waals surface area contributed by atoms with Gasteiger partial charge in [-0.2, -0.15) is 0 Å². The highest BCUT2D eigenvalue weighted by molar-refractivity contribution is 5.73. The number of aldehydes is 1. The first-order valence-electron chi connectivity index (χ1n) is 4.00. The van der Waals surface area contributed by atoms with Gasteiger partial charge in [0, 0.05) is 0 Å². The lowest BCUT2D eigenvalue weighted by Gasteiger charge is -2.08. The van der Waals surface area contributed by atoms with Gasteiger partial charge in [-0.05, 0) is 19.4 Å². The van der Waals surface area contributed by atoms with Crippen molar-refractivity contribution in [3.8, 4) is 0 Å². The van der Waals surface area contributed by atoms with Crippen LogP contribution in [0.5, 0.6) is 0 Å². The third-order valence-electron chi connectivity index (χ3n) is 1.41. The van der Waals surface area contributed by atoms with Gasteiger partial charge in [0.1, 0.15) is 6.29 Å². The second kappa shape index (κ2) is 6.58. The molecule has 0 saturated carbocycles. The number of rotatable bonds is 5. The van der Waals surface area contributed by atoms with Crippen LogP contribution in [0.2, 0.25) is 0 Å². The molecule has 0 bridgehead atoms. The van der Waals surface area contributed by atoms with Crippen molar-refractivity contribution in [2.45, 2.75) is 32.8 Å². The zero-order valence-electron chi connectivity index (χ0n) is 7.45. The highest BCUT2D eigenvalue weighted by Gasteiger charge is 2.04. The molecule has 0 aromatic carbocycles. The van der Waals surface area contributed by atoms with Crippen LogP contribution >= 0.6 is 0 Å². The smallest absolute Gasteiger partial charge is 0.309 e. The molecular formula is C9H14O3. The van der Waals surface area contributed by atoms with Crippen LogP contribution in [0.3, 0.4) is 0 Å². The third kappa shape index (κ3) is 5.65. The fourth-order valence-electron chi connectivity index (χ4n) is 0.576. The second-order valence-electron chi connectivity index (χ2n) is 2.48. The van der Waals surface area contributed by atoms with Crippen LogP contribution in [-0.2, 0) is 14.3 Å². The molecule has 3 heteroatoms. The van der Waals surface area contributed by atoms with Crippen molar-refractivity contribution in [2.75, 3.05) is 0 Å². The van der Waals surface area contributed by atoms with Crippen LogP contribution in [0.25, 0.3) is 0 Å². The summed E-state index contributed by atoms with van der Waals surface area (Å²) in [5.41, 5.74) is 0. The van der Waals surface area contributed by atoms with Gasteiger partial charge in [0.15, 0.2) is 0 Å². The molecular weight excluding hydrogens is 156 g/mol. The Bertz CT molecular complexity index is 173. The molecule has 1 unspecified atom stereocenters. The first kappa shape index (κ1) is 10.9. The quantitative estimate of drug-likeness (QED) is 0.356. The van der Waals surface area contributed by atoms with Crippen molar-refractivity contribution in [3.63, 3.8) is 0 Å². The molecule has 0 radical (unpaired) electrons. The van der Waals surface area contributed by atoms with Crippen LogP contribution < -0.4 is 0 Å². The minimum atomic E-state index is -0.289. The van der Waals surface area contributed by atoms with E-state index in [1.807, 2.05) is 13.8 Å². The lowest BCUT2D eigenvalue weighted by molar-refractivity contribution is -0.147. The van der Waals surface area contributed by atoms with E-state index < -0.39 is 0 Å². The van der Waals surface area contributed by atoms with E-state index in [1.54, 1.807) is 0 Å². The molecule has 68 valence electrons. The van der Waals surface area contributed by atoms with E-state index in [4.69, 9.17) is 4.74 Å². The van der Waals surface area contributed by atoms with Crippen LogP contribution in [0.1, 0.15) is 26.7 Å². The lowest BCUT2D eigenvalue weighted by Crippen LogP contribution is -2.12. The number of hydrogen-bond donors (Lipinski definition) is 0. The highest BCUT2D eigenvalue weighted by atomic mass is 16.5. The average molecular weight is 170 g/mol. The van der Waals surface area contributed by atoms with Gasteiger partial charge in [-0.3, -0.25) is 9.59 Å². The van der Waals surface area contributed by atoms with Crippen molar-refractivity contribution in [2.24, 2.45) is 0 Å². The number of carbonyl (C=O) groups excluding carboxylic acids is 2. The fourth-order valence-corrected chi connectivity index (χ4v) is 0.576. The molecule has 0 saturated heterocycles. The summed E-state index contributed by atoms with van der Waals surface area (Å²) < 4.78 is 4.94. The van der Waals surface area contributed by atoms with E-state index in [0.29, 0.717) is 6.29 Å². The topological polar surface area (TPSA) is 43.4 Å². The summed E-state index contributed by atoms with van der Waals surface area (Å²) in [7, 11) is 0. The van der Waals surface area contributed by atoms with Crippen molar-refractivity contribution < 1.29 is 14.3 Å². The molecule has 0 amide bonds. The number of ether oxygens (including phenoxy) is 1. The zero-order chi connectivity index (χ0) is 9.40. The summed E-state index contributed by atoms with van der Waals surface area (Å²) >= 11 is 0. The average Bonchev–Trinajstić information content (AvgIpc) is 2.05. The maximum atomic E-state index is 10.9. The molecule has 0 aromatic heterocycles. The van der Waals surface area contributed by atoms with Gasteiger partial charge in [0.2, 0.25) is 0 Å². The Kier molecular flexibility index (Phi) is 5.97. The molecule has 0 rings (SSSR count). The number of hydrogen-bond acceptors (Lipinski definition) is 3. The van der Waals surface area contributed by atoms with Crippen LogP contribution in [0.4, 0.5) is 0 Å². The lowest BCUT2D eigenvalue weighted by atomic mass is 10.3. The zero-order valence-corrected chi connectivity index (χ0v) is 7.45. The summed E-state index contributed by atoms with van der Waals surface area (Å²) in [4.78, 5) is 20.7. The molecule has 12 heavy (non-hydrogen) atoms. The molecule has 0 aliphatic rings. The van der Waals surface area contributed by atoms with Gasteiger partial charge in [0.05, 0.1) is 12.5 Å². The molecule has 1 atom stereocenters. The molecule has 0 N–H and O–H groups in total. The molecule has 0 aliphatic heterocycles. The third-order valence-corrected chi connectivity index (χ3v) is 1.41. The van der Waals surface area contributed by atoms with E-state index in [9.17, 15) is 9.59 Å². The first-order valence-corrected chi connectivity index (χ1v) is 4.00. The van der Waals surface area contributed by atoms with Gasteiger partial charge in [-0.25, -0.2) is 0 Å². The minimum absolute atomic E-state index is 0.0397. The molecule has 0 fully saturated rings. The van der Waals surface area contributed by atoms with Crippen molar-refractivity contribution >= 4 is 12.3 Å². The Hall–Kier alpha value is -1.12. The number of allylic oxidation sites excluding steroid dienone is 1. The largest absolute Gasteiger partial charge is 0.462 e. The van der Waals surface area contributed by atoms with E-state index in [2.05, 4.69) is 0 Å². The Morgan fingerprint density at radius 1 is 1.58 bits per heavy atom. The molecule has 0 aromatic rings. The molecule has 0 spiro atoms. The van der Waals surface area contributed by atoms with E-state index in [0.717, 1.165) is 6.42 Å². The van der Waals surface area contributed by atoms with Crippen molar-refractivity contribution in [1.29, 1.82) is 0 Å². The fraction of sp³-hybridized carbons (Fsp3) is 0.556. The van der Waals surface area contributed by atoms with Crippen LogP contribution in [0.15, 0.2) is 12.2 Å². The summed E-state index contributed by atoms with van der Waals surface area (Å²) in [5.74, 6) is -0.289. The summed E-state index contributed by atoms with van der Waals surface area (Å²) in [5, 5.41) is 0. The Labute approximate surface area is 72.4 Å². The summed E-state index contributed by atoms with van der Waals surface area (Å²) in [6.07, 6.45) is 4.35. The van der Waals surface area contributed by atoms with Gasteiger partial charge in [-0.1, -0.05) is 13.0 Å². The predicted octanol–water partition coefficient (Wildman–Crippen LogP) is 1.47. The SMILES string of the molecule is CCC(C)OC(=O)C/C=C/C=O. The predicted molar refractivity (Wildman–Crippen MR) is 45.7 cm³/mol. The summed E-state index contributed by atoms with van der Waals surface area (Å²) in [6, 6.07) is 0. The Balaban J connectivity index is 3.59. The maximum absolute atomic E-state index is 10.9. The van der Waals surface area contributed by atoms with Crippen LogP contribution in [-0.4, -0.2) is 18.4 Å². The van der Waals surface area contributed by atoms with Gasteiger partial charge in [0.25, 0.3) is 0 Å². The highest BCUT2D eigenvalue weighted by Crippen LogP contribution is 1.98. The second-order valence-corrected chi connectivity index (χ2v) is 2.48. The monoisotopic (exact) mass is 170 g/mol. The number of esters is 1. The van der Waals surface area contributed by atoms with E-state index in [1.165, 1.54) is 12.2 Å². The standard InChI is InChI=1S/C9H14O3/c1-3-8(2)12-9(11)6-4-5-7-10/h4-5,7-8H,3,6H2,1-2H3/b5-4+. The molecule has 0 aliphatic carbocycles. The van der Waals surface area contributed by atoms with Crippen molar-refractivity contribution in [3.05, 3.63) is 12.2 Å². The first-order chi connectivity index (χ1) is 5.70. The molecule has 0 heterocycles. The van der Waals surface area contributed by atoms with Crippen LogP contribution in [0, 0.1) is 0 Å².